The van der Waals surface area contributed by atoms with E-state index in [4.69, 9.17) is 16.3 Å². The summed E-state index contributed by atoms with van der Waals surface area (Å²) < 4.78 is 7.22. The normalized spacial score (nSPS) is 19.8. The molecule has 1 fully saturated rings. The lowest BCUT2D eigenvalue weighted by Crippen LogP contribution is -2.32. The van der Waals surface area contributed by atoms with Crippen molar-refractivity contribution in [1.82, 2.24) is 19.6 Å². The van der Waals surface area contributed by atoms with Crippen LogP contribution in [0.3, 0.4) is 0 Å². The molecule has 0 spiro atoms. The topological polar surface area (TPSA) is 55.5 Å². The van der Waals surface area contributed by atoms with Crippen LogP contribution in [-0.4, -0.2) is 46.4 Å². The van der Waals surface area contributed by atoms with Gasteiger partial charge in [-0.05, 0) is 18.8 Å². The predicted octanol–water partition coefficient (Wildman–Crippen LogP) is 1.64. The van der Waals surface area contributed by atoms with Crippen LogP contribution < -0.4 is 4.90 Å². The molecule has 102 valence electrons. The second-order valence-electron chi connectivity index (χ2n) is 4.87. The molecule has 1 aliphatic heterocycles. The maximum Gasteiger partial charge on any atom is 0.255 e. The highest BCUT2D eigenvalue weighted by molar-refractivity contribution is 6.29. The van der Waals surface area contributed by atoms with E-state index in [1.807, 2.05) is 13.1 Å². The molecule has 0 aromatic carbocycles. The van der Waals surface area contributed by atoms with E-state index in [0.717, 1.165) is 32.0 Å². The molecule has 3 heterocycles. The van der Waals surface area contributed by atoms with Crippen LogP contribution >= 0.6 is 11.6 Å². The van der Waals surface area contributed by atoms with Crippen molar-refractivity contribution in [3.63, 3.8) is 0 Å². The molecule has 3 rings (SSSR count). The Morgan fingerprint density at radius 2 is 2.47 bits per heavy atom. The highest BCUT2D eigenvalue weighted by Crippen LogP contribution is 2.21. The van der Waals surface area contributed by atoms with Crippen molar-refractivity contribution >= 4 is 23.2 Å². The fraction of sp³-hybridized carbons (Fsp3) is 0.583. The Balaban J connectivity index is 1.83. The Labute approximate surface area is 116 Å². The van der Waals surface area contributed by atoms with Gasteiger partial charge in [0, 0.05) is 26.3 Å². The van der Waals surface area contributed by atoms with Crippen molar-refractivity contribution in [1.29, 1.82) is 0 Å². The number of hydrogen-bond donors (Lipinski definition) is 0. The third-order valence-corrected chi connectivity index (χ3v) is 3.57. The van der Waals surface area contributed by atoms with Gasteiger partial charge in [-0.3, -0.25) is 0 Å². The van der Waals surface area contributed by atoms with Crippen LogP contribution in [-0.2, 0) is 4.74 Å². The Bertz CT molecular complexity index is 566. The van der Waals surface area contributed by atoms with E-state index in [-0.39, 0.29) is 0 Å². The first-order valence-corrected chi connectivity index (χ1v) is 6.77. The molecule has 6 nitrogen and oxygen atoms in total. The zero-order chi connectivity index (χ0) is 13.2. The number of fused-ring (bicyclic) bond motifs is 1. The van der Waals surface area contributed by atoms with Gasteiger partial charge in [-0.15, -0.1) is 0 Å². The molecule has 0 amide bonds. The first-order valence-electron chi connectivity index (χ1n) is 6.39. The Morgan fingerprint density at radius 1 is 1.58 bits per heavy atom. The molecule has 2 aromatic rings. The number of halogens is 1. The van der Waals surface area contributed by atoms with E-state index in [2.05, 4.69) is 20.0 Å². The quantitative estimate of drug-likeness (QED) is 0.801. The molecule has 0 radical (unpaired) electrons. The molecule has 0 aliphatic carbocycles. The largest absolute Gasteiger partial charge is 0.381 e. The van der Waals surface area contributed by atoms with Crippen molar-refractivity contribution in [2.24, 2.45) is 5.92 Å². The summed E-state index contributed by atoms with van der Waals surface area (Å²) in [6, 6.07) is 1.81. The van der Waals surface area contributed by atoms with Gasteiger partial charge in [-0.25, -0.2) is 0 Å². The van der Waals surface area contributed by atoms with Gasteiger partial charge in [-0.2, -0.15) is 19.6 Å². The molecular formula is C12H16ClN5O. The van der Waals surface area contributed by atoms with E-state index in [1.54, 1.807) is 4.52 Å². The first-order chi connectivity index (χ1) is 9.24. The molecule has 1 saturated heterocycles. The van der Waals surface area contributed by atoms with Gasteiger partial charge in [0.15, 0.2) is 0 Å². The van der Waals surface area contributed by atoms with Gasteiger partial charge in [0.25, 0.3) is 5.78 Å². The number of aromatic nitrogens is 4. The Kier molecular flexibility index (Phi) is 3.52. The minimum atomic E-state index is 0.433. The Hall–Kier alpha value is -1.40. The molecule has 1 atom stereocenters. The summed E-state index contributed by atoms with van der Waals surface area (Å²) in [4.78, 5) is 10.3. The molecule has 7 heteroatoms. The average Bonchev–Trinajstić information content (AvgIpc) is 2.86. The second kappa shape index (κ2) is 5.30. The number of hydrogen-bond acceptors (Lipinski definition) is 5. The summed E-state index contributed by atoms with van der Waals surface area (Å²) in [6.07, 6.45) is 3.82. The summed E-state index contributed by atoms with van der Waals surface area (Å²) in [5.74, 6) is 1.97. The monoisotopic (exact) mass is 281 g/mol. The summed E-state index contributed by atoms with van der Waals surface area (Å²) in [5, 5.41) is 4.62. The van der Waals surface area contributed by atoms with Crippen LogP contribution in [0.2, 0.25) is 5.15 Å². The van der Waals surface area contributed by atoms with Gasteiger partial charge < -0.3 is 9.64 Å². The fourth-order valence-corrected chi connectivity index (χ4v) is 2.65. The van der Waals surface area contributed by atoms with Crippen molar-refractivity contribution in [2.75, 3.05) is 31.7 Å². The van der Waals surface area contributed by atoms with Crippen LogP contribution in [0.4, 0.5) is 5.82 Å². The van der Waals surface area contributed by atoms with Crippen molar-refractivity contribution < 1.29 is 4.74 Å². The van der Waals surface area contributed by atoms with E-state index < -0.39 is 0 Å². The lowest BCUT2D eigenvalue weighted by Gasteiger charge is -2.28. The molecule has 0 saturated carbocycles. The van der Waals surface area contributed by atoms with Crippen molar-refractivity contribution in [2.45, 2.75) is 12.8 Å². The number of nitrogens with zero attached hydrogens (tertiary/aromatic N) is 5. The van der Waals surface area contributed by atoms with Crippen LogP contribution in [0.15, 0.2) is 12.4 Å². The fourth-order valence-electron chi connectivity index (χ4n) is 2.47. The van der Waals surface area contributed by atoms with Gasteiger partial charge in [0.2, 0.25) is 0 Å². The van der Waals surface area contributed by atoms with Gasteiger partial charge in [0.1, 0.15) is 17.3 Å². The van der Waals surface area contributed by atoms with E-state index in [1.165, 1.54) is 12.7 Å². The molecular weight excluding hydrogens is 266 g/mol. The smallest absolute Gasteiger partial charge is 0.255 e. The predicted molar refractivity (Wildman–Crippen MR) is 72.6 cm³/mol. The average molecular weight is 282 g/mol. The lowest BCUT2D eigenvalue weighted by atomic mass is 10.0. The third kappa shape index (κ3) is 2.64. The zero-order valence-electron chi connectivity index (χ0n) is 10.8. The summed E-state index contributed by atoms with van der Waals surface area (Å²) in [6.45, 7) is 2.62. The number of ether oxygens (including phenoxy) is 1. The van der Waals surface area contributed by atoms with Crippen molar-refractivity contribution in [3.8, 4) is 0 Å². The lowest BCUT2D eigenvalue weighted by molar-refractivity contribution is 0.0576. The van der Waals surface area contributed by atoms with Crippen LogP contribution in [0.5, 0.6) is 0 Å². The molecule has 0 bridgehead atoms. The highest BCUT2D eigenvalue weighted by Gasteiger charge is 2.18. The van der Waals surface area contributed by atoms with Gasteiger partial charge >= 0.3 is 0 Å². The maximum atomic E-state index is 6.02. The number of rotatable bonds is 3. The van der Waals surface area contributed by atoms with Crippen LogP contribution in [0, 0.1) is 5.92 Å². The SMILES string of the molecule is CN(CC1CCCOC1)c1cc(Cl)nc2ncnn12. The summed E-state index contributed by atoms with van der Waals surface area (Å²) in [7, 11) is 2.03. The third-order valence-electron chi connectivity index (χ3n) is 3.38. The molecule has 19 heavy (non-hydrogen) atoms. The minimum absolute atomic E-state index is 0.433. The molecule has 0 N–H and O–H groups in total. The summed E-state index contributed by atoms with van der Waals surface area (Å²) in [5.41, 5.74) is 0. The van der Waals surface area contributed by atoms with Crippen molar-refractivity contribution in [3.05, 3.63) is 17.5 Å². The highest BCUT2D eigenvalue weighted by atomic mass is 35.5. The number of anilines is 1. The summed E-state index contributed by atoms with van der Waals surface area (Å²) >= 11 is 6.02. The zero-order valence-corrected chi connectivity index (χ0v) is 11.5. The van der Waals surface area contributed by atoms with Crippen LogP contribution in [0.25, 0.3) is 5.78 Å². The second-order valence-corrected chi connectivity index (χ2v) is 5.26. The Morgan fingerprint density at radius 3 is 3.26 bits per heavy atom. The van der Waals surface area contributed by atoms with E-state index in [0.29, 0.717) is 16.8 Å². The van der Waals surface area contributed by atoms with Crippen LogP contribution in [0.1, 0.15) is 12.8 Å². The molecule has 1 unspecified atom stereocenters. The van der Waals surface area contributed by atoms with Gasteiger partial charge in [-0.1, -0.05) is 11.6 Å². The first kappa shape index (κ1) is 12.6. The van der Waals surface area contributed by atoms with E-state index in [9.17, 15) is 0 Å². The molecule has 2 aromatic heterocycles. The standard InChI is InChI=1S/C12H16ClN5O/c1-17(6-9-3-2-4-19-7-9)11-5-10(13)16-12-14-8-15-18(11)12/h5,8-9H,2-4,6-7H2,1H3. The van der Waals surface area contributed by atoms with Gasteiger partial charge in [0.05, 0.1) is 6.61 Å². The maximum absolute atomic E-state index is 6.02. The molecule has 1 aliphatic rings. The van der Waals surface area contributed by atoms with E-state index >= 15 is 0 Å². The minimum Gasteiger partial charge on any atom is -0.381 e.